The molecule has 2 aromatic rings. The average Bonchev–Trinajstić information content (AvgIpc) is 2.83. The molecule has 0 bridgehead atoms. The van der Waals surface area contributed by atoms with Gasteiger partial charge in [0.25, 0.3) is 5.91 Å². The summed E-state index contributed by atoms with van der Waals surface area (Å²) < 4.78 is 1.55. The summed E-state index contributed by atoms with van der Waals surface area (Å²) in [7, 11) is 1.74. The molecule has 0 aliphatic rings. The quantitative estimate of drug-likeness (QED) is 0.696. The van der Waals surface area contributed by atoms with Gasteiger partial charge < -0.3 is 16.2 Å². The summed E-state index contributed by atoms with van der Waals surface area (Å²) >= 11 is 0. The molecule has 0 aliphatic heterocycles. The van der Waals surface area contributed by atoms with E-state index in [-0.39, 0.29) is 12.5 Å². The molecule has 6 heteroatoms. The Morgan fingerprint density at radius 2 is 2.11 bits per heavy atom. The van der Waals surface area contributed by atoms with Crippen LogP contribution in [0.5, 0.6) is 0 Å². The van der Waals surface area contributed by atoms with Crippen LogP contribution in [-0.2, 0) is 7.05 Å². The molecule has 0 saturated heterocycles. The molecule has 1 amide bonds. The molecule has 0 saturated carbocycles. The lowest BCUT2D eigenvalue weighted by Gasteiger charge is -2.11. The summed E-state index contributed by atoms with van der Waals surface area (Å²) in [6.45, 7) is 0.124. The lowest BCUT2D eigenvalue weighted by molar-refractivity contribution is 0.0910. The Hall–Kier alpha value is -2.34. The maximum atomic E-state index is 11.7. The third-order valence-electron chi connectivity index (χ3n) is 2.72. The van der Waals surface area contributed by atoms with Crippen LogP contribution in [0.25, 0.3) is 0 Å². The molecule has 1 heterocycles. The number of rotatable bonds is 4. The summed E-state index contributed by atoms with van der Waals surface area (Å²) in [6.07, 6.45) is 0.916. The average molecular weight is 260 g/mol. The van der Waals surface area contributed by atoms with E-state index in [1.165, 1.54) is 0 Å². The number of anilines is 1. The van der Waals surface area contributed by atoms with Crippen LogP contribution in [0, 0.1) is 0 Å². The first-order chi connectivity index (χ1) is 9.06. The molecule has 0 radical (unpaired) electrons. The highest BCUT2D eigenvalue weighted by Gasteiger charge is 2.12. The van der Waals surface area contributed by atoms with E-state index >= 15 is 0 Å². The van der Waals surface area contributed by atoms with Gasteiger partial charge in [-0.05, 0) is 23.8 Å². The van der Waals surface area contributed by atoms with Gasteiger partial charge in [0.05, 0.1) is 6.10 Å². The predicted molar refractivity (Wildman–Crippen MR) is 71.4 cm³/mol. The van der Waals surface area contributed by atoms with Crippen LogP contribution in [0.1, 0.15) is 22.2 Å². The van der Waals surface area contributed by atoms with Crippen molar-refractivity contribution in [2.75, 3.05) is 12.3 Å². The Labute approximate surface area is 110 Å². The minimum atomic E-state index is -0.770. The van der Waals surface area contributed by atoms with Crippen molar-refractivity contribution < 1.29 is 9.90 Å². The van der Waals surface area contributed by atoms with Crippen LogP contribution in [0.15, 0.2) is 36.5 Å². The number of hydrogen-bond donors (Lipinski definition) is 3. The largest absolute Gasteiger partial charge is 0.399 e. The van der Waals surface area contributed by atoms with Crippen LogP contribution in [0.3, 0.4) is 0 Å². The number of hydrogen-bond acceptors (Lipinski definition) is 4. The highest BCUT2D eigenvalue weighted by molar-refractivity contribution is 5.92. The van der Waals surface area contributed by atoms with E-state index in [2.05, 4.69) is 10.4 Å². The van der Waals surface area contributed by atoms with E-state index in [0.717, 1.165) is 0 Å². The van der Waals surface area contributed by atoms with Crippen molar-refractivity contribution in [2.24, 2.45) is 7.05 Å². The van der Waals surface area contributed by atoms with Gasteiger partial charge in [-0.15, -0.1) is 0 Å². The van der Waals surface area contributed by atoms with Gasteiger partial charge in [-0.25, -0.2) is 0 Å². The van der Waals surface area contributed by atoms with Gasteiger partial charge in [0.2, 0.25) is 0 Å². The first-order valence-corrected chi connectivity index (χ1v) is 5.87. The van der Waals surface area contributed by atoms with Crippen LogP contribution >= 0.6 is 0 Å². The Bertz CT molecular complexity index is 562. The third-order valence-corrected chi connectivity index (χ3v) is 2.72. The summed E-state index contributed by atoms with van der Waals surface area (Å²) in [6, 6.07) is 8.49. The van der Waals surface area contributed by atoms with Crippen molar-refractivity contribution in [3.8, 4) is 0 Å². The number of nitrogens with one attached hydrogen (secondary N) is 1. The van der Waals surface area contributed by atoms with Crippen LogP contribution in [0.4, 0.5) is 5.69 Å². The van der Waals surface area contributed by atoms with E-state index in [4.69, 9.17) is 5.73 Å². The summed E-state index contributed by atoms with van der Waals surface area (Å²) in [4.78, 5) is 11.7. The Balaban J connectivity index is 1.91. The van der Waals surface area contributed by atoms with Crippen LogP contribution < -0.4 is 11.1 Å². The maximum absolute atomic E-state index is 11.7. The molecular weight excluding hydrogens is 244 g/mol. The molecule has 19 heavy (non-hydrogen) atoms. The number of carbonyl (C=O) groups excluding carboxylic acids is 1. The number of nitrogen functional groups attached to an aromatic ring is 1. The van der Waals surface area contributed by atoms with Crippen LogP contribution in [0.2, 0.25) is 0 Å². The van der Waals surface area contributed by atoms with Crippen molar-refractivity contribution in [1.29, 1.82) is 0 Å². The number of nitrogens with zero attached hydrogens (tertiary/aromatic N) is 2. The molecule has 100 valence electrons. The molecule has 0 spiro atoms. The Morgan fingerprint density at radius 3 is 2.68 bits per heavy atom. The molecule has 4 N–H and O–H groups in total. The molecule has 1 aromatic heterocycles. The van der Waals surface area contributed by atoms with Crippen molar-refractivity contribution in [1.82, 2.24) is 15.1 Å². The highest BCUT2D eigenvalue weighted by Crippen LogP contribution is 2.13. The molecule has 6 nitrogen and oxygen atoms in total. The Kier molecular flexibility index (Phi) is 3.82. The predicted octanol–water partition coefficient (Wildman–Crippen LogP) is 0.466. The number of nitrogens with two attached hydrogens (primary N) is 1. The fraction of sp³-hybridized carbons (Fsp3) is 0.231. The zero-order chi connectivity index (χ0) is 13.8. The second kappa shape index (κ2) is 5.53. The van der Waals surface area contributed by atoms with E-state index in [1.54, 1.807) is 48.3 Å². The number of aromatic nitrogens is 2. The Morgan fingerprint density at radius 1 is 1.42 bits per heavy atom. The van der Waals surface area contributed by atoms with Crippen molar-refractivity contribution in [3.63, 3.8) is 0 Å². The lowest BCUT2D eigenvalue weighted by atomic mass is 10.1. The van der Waals surface area contributed by atoms with Gasteiger partial charge in [0.1, 0.15) is 5.69 Å². The second-order valence-corrected chi connectivity index (χ2v) is 4.27. The van der Waals surface area contributed by atoms with Gasteiger partial charge in [-0.2, -0.15) is 5.10 Å². The van der Waals surface area contributed by atoms with E-state index in [0.29, 0.717) is 16.9 Å². The molecule has 1 aromatic carbocycles. The molecule has 1 unspecified atom stereocenters. The van der Waals surface area contributed by atoms with Gasteiger partial charge in [0, 0.05) is 25.5 Å². The van der Waals surface area contributed by atoms with E-state index in [9.17, 15) is 9.90 Å². The molecule has 0 fully saturated rings. The van der Waals surface area contributed by atoms with Crippen molar-refractivity contribution >= 4 is 11.6 Å². The molecule has 2 rings (SSSR count). The fourth-order valence-electron chi connectivity index (χ4n) is 1.65. The standard InChI is InChI=1S/C13H16N4O2/c1-17-7-6-11(16-17)13(19)15-8-12(18)9-2-4-10(14)5-3-9/h2-7,12,18H,8,14H2,1H3,(H,15,19). The van der Waals surface area contributed by atoms with Gasteiger partial charge in [-0.3, -0.25) is 9.48 Å². The van der Waals surface area contributed by atoms with Crippen LogP contribution in [-0.4, -0.2) is 27.3 Å². The minimum absolute atomic E-state index is 0.124. The molecule has 1 atom stereocenters. The van der Waals surface area contributed by atoms with Gasteiger partial charge in [-0.1, -0.05) is 12.1 Å². The molecular formula is C13H16N4O2. The monoisotopic (exact) mass is 260 g/mol. The lowest BCUT2D eigenvalue weighted by Crippen LogP contribution is -2.28. The zero-order valence-electron chi connectivity index (χ0n) is 10.6. The van der Waals surface area contributed by atoms with Crippen molar-refractivity contribution in [3.05, 3.63) is 47.8 Å². The maximum Gasteiger partial charge on any atom is 0.271 e. The highest BCUT2D eigenvalue weighted by atomic mass is 16.3. The van der Waals surface area contributed by atoms with E-state index < -0.39 is 6.10 Å². The third kappa shape index (κ3) is 3.32. The van der Waals surface area contributed by atoms with E-state index in [1.807, 2.05) is 0 Å². The normalized spacial score (nSPS) is 12.1. The first-order valence-electron chi connectivity index (χ1n) is 5.87. The summed E-state index contributed by atoms with van der Waals surface area (Å²) in [5.41, 5.74) is 7.23. The minimum Gasteiger partial charge on any atom is -0.399 e. The number of aliphatic hydroxyl groups is 1. The SMILES string of the molecule is Cn1ccc(C(=O)NCC(O)c2ccc(N)cc2)n1. The zero-order valence-corrected chi connectivity index (χ0v) is 10.6. The number of aliphatic hydroxyl groups excluding tert-OH is 1. The number of carbonyl (C=O) groups is 1. The first kappa shape index (κ1) is 13.1. The van der Waals surface area contributed by atoms with Gasteiger partial charge in [0.15, 0.2) is 0 Å². The smallest absolute Gasteiger partial charge is 0.271 e. The van der Waals surface area contributed by atoms with Crippen molar-refractivity contribution in [2.45, 2.75) is 6.10 Å². The second-order valence-electron chi connectivity index (χ2n) is 4.27. The number of benzene rings is 1. The summed E-state index contributed by atoms with van der Waals surface area (Å²) in [5.74, 6) is -0.310. The number of amides is 1. The topological polar surface area (TPSA) is 93.2 Å². The summed E-state index contributed by atoms with van der Waals surface area (Å²) in [5, 5.41) is 16.5. The number of aryl methyl sites for hydroxylation is 1. The van der Waals surface area contributed by atoms with Gasteiger partial charge >= 0.3 is 0 Å². The molecule has 0 aliphatic carbocycles. The fourth-order valence-corrected chi connectivity index (χ4v) is 1.65.